The zero-order valence-electron chi connectivity index (χ0n) is 10.8. The van der Waals surface area contributed by atoms with Gasteiger partial charge in [-0.15, -0.1) is 0 Å². The molecule has 0 aliphatic heterocycles. The number of hydrogen-bond acceptors (Lipinski definition) is 4. The van der Waals surface area contributed by atoms with Crippen molar-refractivity contribution in [3.05, 3.63) is 46.7 Å². The number of anilines is 1. The molecule has 8 heteroatoms. The molecule has 2 aromatic rings. The summed E-state index contributed by atoms with van der Waals surface area (Å²) in [7, 11) is -2.41. The van der Waals surface area contributed by atoms with Crippen LogP contribution in [0.5, 0.6) is 11.5 Å². The Morgan fingerprint density at radius 2 is 1.95 bits per heavy atom. The predicted octanol–water partition coefficient (Wildman–Crippen LogP) is 3.10. The van der Waals surface area contributed by atoms with E-state index >= 15 is 0 Å². The van der Waals surface area contributed by atoms with E-state index in [9.17, 15) is 12.8 Å². The molecule has 0 aromatic heterocycles. The fourth-order valence-electron chi connectivity index (χ4n) is 1.60. The molecule has 0 bridgehead atoms. The molecule has 0 amide bonds. The Hall–Kier alpha value is -1.80. The van der Waals surface area contributed by atoms with Crippen molar-refractivity contribution in [1.29, 1.82) is 0 Å². The highest BCUT2D eigenvalue weighted by Crippen LogP contribution is 2.28. The number of phenolic OH excluding ortho intramolecular Hbond substituents is 1. The topological polar surface area (TPSA) is 75.6 Å². The Morgan fingerprint density at radius 1 is 1.24 bits per heavy atom. The van der Waals surface area contributed by atoms with E-state index < -0.39 is 21.6 Å². The summed E-state index contributed by atoms with van der Waals surface area (Å²) in [4.78, 5) is -0.0105. The van der Waals surface area contributed by atoms with Crippen molar-refractivity contribution in [2.24, 2.45) is 0 Å². The van der Waals surface area contributed by atoms with E-state index in [1.54, 1.807) is 0 Å². The highest BCUT2D eigenvalue weighted by atomic mass is 79.9. The van der Waals surface area contributed by atoms with Crippen LogP contribution in [0.1, 0.15) is 0 Å². The maximum atomic E-state index is 13.2. The molecule has 0 unspecified atom stereocenters. The number of rotatable bonds is 4. The third-order valence-electron chi connectivity index (χ3n) is 2.63. The zero-order valence-corrected chi connectivity index (χ0v) is 13.2. The van der Waals surface area contributed by atoms with Gasteiger partial charge in [0.15, 0.2) is 11.6 Å². The van der Waals surface area contributed by atoms with Gasteiger partial charge >= 0.3 is 0 Å². The molecule has 0 spiro atoms. The van der Waals surface area contributed by atoms with E-state index in [0.717, 1.165) is 12.1 Å². The summed E-state index contributed by atoms with van der Waals surface area (Å²) in [6, 6.07) is 7.45. The van der Waals surface area contributed by atoms with Crippen molar-refractivity contribution in [3.63, 3.8) is 0 Å². The Balaban J connectivity index is 2.33. The van der Waals surface area contributed by atoms with Gasteiger partial charge in [-0.2, -0.15) is 0 Å². The van der Waals surface area contributed by atoms with Crippen molar-refractivity contribution >= 4 is 31.6 Å². The molecule has 0 aliphatic rings. The molecular weight excluding hydrogens is 365 g/mol. The fourth-order valence-corrected chi connectivity index (χ4v) is 3.37. The molecule has 0 fully saturated rings. The van der Waals surface area contributed by atoms with Gasteiger partial charge in [-0.3, -0.25) is 4.72 Å². The molecular formula is C13H11BrFNO4S. The largest absolute Gasteiger partial charge is 0.505 e. The average Bonchev–Trinajstić information content (AvgIpc) is 2.42. The highest BCUT2D eigenvalue weighted by molar-refractivity contribution is 9.10. The maximum Gasteiger partial charge on any atom is 0.261 e. The van der Waals surface area contributed by atoms with Crippen LogP contribution >= 0.6 is 15.9 Å². The summed E-state index contributed by atoms with van der Waals surface area (Å²) in [6.07, 6.45) is 0. The van der Waals surface area contributed by atoms with E-state index in [0.29, 0.717) is 10.2 Å². The molecule has 2 rings (SSSR count). The first-order valence-corrected chi connectivity index (χ1v) is 7.96. The van der Waals surface area contributed by atoms with Crippen molar-refractivity contribution in [2.45, 2.75) is 4.90 Å². The first-order valence-electron chi connectivity index (χ1n) is 5.68. The minimum absolute atomic E-state index is 0.0105. The number of ether oxygens (including phenoxy) is 1. The van der Waals surface area contributed by atoms with Gasteiger partial charge in [0.2, 0.25) is 0 Å². The minimum atomic E-state index is -3.87. The van der Waals surface area contributed by atoms with Gasteiger partial charge in [0.05, 0.1) is 22.2 Å². The lowest BCUT2D eigenvalue weighted by molar-refractivity contribution is 0.411. The lowest BCUT2D eigenvalue weighted by Crippen LogP contribution is -2.13. The van der Waals surface area contributed by atoms with Gasteiger partial charge < -0.3 is 9.84 Å². The van der Waals surface area contributed by atoms with Crippen LogP contribution in [-0.2, 0) is 10.0 Å². The monoisotopic (exact) mass is 375 g/mol. The molecule has 0 saturated heterocycles. The summed E-state index contributed by atoms with van der Waals surface area (Å²) in [6.45, 7) is 0. The third-order valence-corrected chi connectivity index (χ3v) is 4.63. The Bertz CT molecular complexity index is 780. The molecule has 0 atom stereocenters. The lowest BCUT2D eigenvalue weighted by atomic mass is 10.3. The summed E-state index contributed by atoms with van der Waals surface area (Å²) in [5.74, 6) is -0.971. The molecule has 2 N–H and O–H groups in total. The van der Waals surface area contributed by atoms with Crippen LogP contribution in [0, 0.1) is 5.82 Å². The SMILES string of the molecule is COc1ccc(S(=O)(=O)Nc2ccc(O)c(F)c2)cc1Br. The quantitative estimate of drug-likeness (QED) is 0.805. The number of hydrogen-bond donors (Lipinski definition) is 2. The normalized spacial score (nSPS) is 11.2. The Morgan fingerprint density at radius 3 is 2.52 bits per heavy atom. The minimum Gasteiger partial charge on any atom is -0.505 e. The maximum absolute atomic E-state index is 13.2. The Kier molecular flexibility index (Phi) is 4.38. The summed E-state index contributed by atoms with van der Waals surface area (Å²) in [5.41, 5.74) is 0.0113. The molecule has 0 saturated carbocycles. The number of benzene rings is 2. The third kappa shape index (κ3) is 3.45. The molecule has 0 radical (unpaired) electrons. The molecule has 2 aromatic carbocycles. The first-order chi connectivity index (χ1) is 9.83. The van der Waals surface area contributed by atoms with E-state index in [1.165, 1.54) is 31.4 Å². The van der Waals surface area contributed by atoms with Gasteiger partial charge in [-0.1, -0.05) is 0 Å². The van der Waals surface area contributed by atoms with Gasteiger partial charge in [0.25, 0.3) is 10.0 Å². The summed E-state index contributed by atoms with van der Waals surface area (Å²) < 4.78 is 45.3. The second-order valence-corrected chi connectivity index (χ2v) is 6.60. The van der Waals surface area contributed by atoms with Crippen molar-refractivity contribution < 1.29 is 22.7 Å². The van der Waals surface area contributed by atoms with E-state index in [4.69, 9.17) is 9.84 Å². The summed E-state index contributed by atoms with van der Waals surface area (Å²) in [5, 5.41) is 9.08. The lowest BCUT2D eigenvalue weighted by Gasteiger charge is -2.10. The Labute approximate surface area is 129 Å². The van der Waals surface area contributed by atoms with Crippen LogP contribution in [-0.4, -0.2) is 20.6 Å². The van der Waals surface area contributed by atoms with Gasteiger partial charge in [-0.05, 0) is 46.3 Å². The van der Waals surface area contributed by atoms with Crippen molar-refractivity contribution in [3.8, 4) is 11.5 Å². The van der Waals surface area contributed by atoms with Crippen LogP contribution in [0.3, 0.4) is 0 Å². The fraction of sp³-hybridized carbons (Fsp3) is 0.0769. The van der Waals surface area contributed by atoms with Crippen molar-refractivity contribution in [2.75, 3.05) is 11.8 Å². The van der Waals surface area contributed by atoms with Gasteiger partial charge in [0.1, 0.15) is 5.75 Å². The van der Waals surface area contributed by atoms with Crippen LogP contribution in [0.4, 0.5) is 10.1 Å². The molecule has 21 heavy (non-hydrogen) atoms. The first kappa shape index (κ1) is 15.6. The average molecular weight is 376 g/mol. The van der Waals surface area contributed by atoms with E-state index in [2.05, 4.69) is 20.7 Å². The standard InChI is InChI=1S/C13H11BrFNO4S/c1-20-13-5-3-9(7-10(13)14)21(18,19)16-8-2-4-12(17)11(15)6-8/h2-7,16-17H,1H3. The van der Waals surface area contributed by atoms with Crippen LogP contribution in [0.15, 0.2) is 45.8 Å². The zero-order chi connectivity index (χ0) is 15.6. The van der Waals surface area contributed by atoms with Crippen LogP contribution in [0.2, 0.25) is 0 Å². The number of aromatic hydroxyl groups is 1. The highest BCUT2D eigenvalue weighted by Gasteiger charge is 2.16. The summed E-state index contributed by atoms with van der Waals surface area (Å²) >= 11 is 3.20. The number of phenols is 1. The van der Waals surface area contributed by atoms with Gasteiger partial charge in [0, 0.05) is 6.07 Å². The molecule has 112 valence electrons. The number of halogens is 2. The smallest absolute Gasteiger partial charge is 0.261 e. The van der Waals surface area contributed by atoms with Crippen molar-refractivity contribution in [1.82, 2.24) is 0 Å². The number of nitrogens with one attached hydrogen (secondary N) is 1. The molecule has 5 nitrogen and oxygen atoms in total. The number of sulfonamides is 1. The molecule has 0 aliphatic carbocycles. The second kappa shape index (κ2) is 5.90. The second-order valence-electron chi connectivity index (χ2n) is 4.07. The van der Waals surface area contributed by atoms with E-state index in [1.807, 2.05) is 0 Å². The predicted molar refractivity (Wildman–Crippen MR) is 79.6 cm³/mol. The molecule has 0 heterocycles. The van der Waals surface area contributed by atoms with Crippen LogP contribution < -0.4 is 9.46 Å². The van der Waals surface area contributed by atoms with E-state index in [-0.39, 0.29) is 10.6 Å². The number of methoxy groups -OCH3 is 1. The van der Waals surface area contributed by atoms with Crippen LogP contribution in [0.25, 0.3) is 0 Å². The van der Waals surface area contributed by atoms with Gasteiger partial charge in [-0.25, -0.2) is 12.8 Å².